The molecule has 1 fully saturated rings. The largest absolute Gasteiger partial charge is 0.449 e. The summed E-state index contributed by atoms with van der Waals surface area (Å²) in [5, 5.41) is 21.5. The summed E-state index contributed by atoms with van der Waals surface area (Å²) >= 11 is 0. The van der Waals surface area contributed by atoms with Gasteiger partial charge in [-0.2, -0.15) is 5.21 Å². The van der Waals surface area contributed by atoms with E-state index in [1.165, 1.54) is 5.56 Å². The monoisotopic (exact) mass is 506 g/mol. The Morgan fingerprint density at radius 2 is 1.66 bits per heavy atom. The summed E-state index contributed by atoms with van der Waals surface area (Å²) in [4.78, 5) is 12.4. The Labute approximate surface area is 219 Å². The third-order valence-corrected chi connectivity index (χ3v) is 7.00. The number of hydrogen-bond acceptors (Lipinski definition) is 7. The predicted molar refractivity (Wildman–Crippen MR) is 141 cm³/mol. The lowest BCUT2D eigenvalue weighted by molar-refractivity contribution is 0.163. The fourth-order valence-electron chi connectivity index (χ4n) is 4.69. The van der Waals surface area contributed by atoms with Gasteiger partial charge in [0.25, 0.3) is 0 Å². The van der Waals surface area contributed by atoms with Crippen molar-refractivity contribution < 1.29 is 14.1 Å². The normalized spacial score (nSPS) is 13.7. The van der Waals surface area contributed by atoms with Crippen LogP contribution in [-0.2, 0) is 16.6 Å². The second-order valence-electron chi connectivity index (χ2n) is 9.44. The molecule has 1 saturated carbocycles. The van der Waals surface area contributed by atoms with Crippen molar-refractivity contribution in [2.75, 3.05) is 11.9 Å². The van der Waals surface area contributed by atoms with E-state index in [0.717, 1.165) is 40.9 Å². The number of tetrazole rings is 1. The molecule has 2 heterocycles. The number of aromatic nitrogens is 5. The Bertz CT molecular complexity index is 1520. The van der Waals surface area contributed by atoms with Crippen molar-refractivity contribution in [3.8, 4) is 22.5 Å². The van der Waals surface area contributed by atoms with E-state index in [2.05, 4.69) is 55.4 Å². The van der Waals surface area contributed by atoms with Crippen LogP contribution in [0.1, 0.15) is 35.5 Å². The first-order valence-corrected chi connectivity index (χ1v) is 12.5. The van der Waals surface area contributed by atoms with Gasteiger partial charge in [-0.05, 0) is 42.0 Å². The molecule has 1 amide bonds. The summed E-state index contributed by atoms with van der Waals surface area (Å²) in [6, 6.07) is 26.3. The van der Waals surface area contributed by atoms with Crippen LogP contribution in [0.4, 0.5) is 10.5 Å². The summed E-state index contributed by atoms with van der Waals surface area (Å²) in [6.07, 6.45) is 2.14. The first kappa shape index (κ1) is 23.6. The lowest BCUT2D eigenvalue weighted by atomic mass is 9.93. The van der Waals surface area contributed by atoms with E-state index in [0.29, 0.717) is 23.6 Å². The number of amides is 1. The van der Waals surface area contributed by atoms with Crippen LogP contribution < -0.4 is 5.32 Å². The van der Waals surface area contributed by atoms with Gasteiger partial charge in [-0.25, -0.2) is 4.79 Å². The van der Waals surface area contributed by atoms with Crippen LogP contribution in [0.25, 0.3) is 22.5 Å². The fourth-order valence-corrected chi connectivity index (χ4v) is 4.69. The average molecular weight is 507 g/mol. The van der Waals surface area contributed by atoms with Crippen LogP contribution in [0.2, 0.25) is 0 Å². The first-order chi connectivity index (χ1) is 18.6. The third kappa shape index (κ3) is 4.66. The van der Waals surface area contributed by atoms with Gasteiger partial charge in [0.15, 0.2) is 11.6 Å². The maximum absolute atomic E-state index is 12.4. The van der Waals surface area contributed by atoms with Gasteiger partial charge in [0.05, 0.1) is 12.0 Å². The third-order valence-electron chi connectivity index (χ3n) is 7.00. The molecule has 0 unspecified atom stereocenters. The number of rotatable bonds is 8. The number of H-pyrrole nitrogens is 1. The maximum Gasteiger partial charge on any atom is 0.411 e. The number of nitrogens with zero attached hydrogens (tertiary/aromatic N) is 4. The minimum atomic E-state index is -0.542. The van der Waals surface area contributed by atoms with E-state index in [1.54, 1.807) is 6.92 Å². The molecular formula is C29H26N6O3. The van der Waals surface area contributed by atoms with Gasteiger partial charge >= 0.3 is 6.09 Å². The second-order valence-corrected chi connectivity index (χ2v) is 9.44. The Morgan fingerprint density at radius 3 is 2.32 bits per heavy atom. The van der Waals surface area contributed by atoms with Gasteiger partial charge in [-0.3, -0.25) is 5.32 Å². The second kappa shape index (κ2) is 9.93. The molecule has 0 spiro atoms. The molecule has 9 nitrogen and oxygen atoms in total. The number of ether oxygens (including phenoxy) is 1. The molecule has 190 valence electrons. The number of aromatic amines is 1. The summed E-state index contributed by atoms with van der Waals surface area (Å²) < 4.78 is 10.9. The summed E-state index contributed by atoms with van der Waals surface area (Å²) in [7, 11) is 0. The molecule has 1 aliphatic carbocycles. The standard InChI is InChI=1S/C29H26N6O3/c1-19-25(30-28(36)37-18-15-20-5-3-2-4-6-20)26(38-33-19)23-9-7-21(8-10-23)22-11-13-24(14-12-22)29(16-17-29)27-31-34-35-32-27/h2-14H,15-18H2,1H3,(H,30,36)(H,31,32,34,35). The Hall–Kier alpha value is -4.79. The van der Waals surface area contributed by atoms with Gasteiger partial charge in [0.2, 0.25) is 0 Å². The maximum atomic E-state index is 12.4. The molecule has 1 aliphatic rings. The number of aryl methyl sites for hydroxylation is 1. The zero-order valence-electron chi connectivity index (χ0n) is 20.8. The van der Waals surface area contributed by atoms with Crippen molar-refractivity contribution in [2.24, 2.45) is 0 Å². The summed E-state index contributed by atoms with van der Waals surface area (Å²) in [5.41, 5.74) is 6.23. The quantitative estimate of drug-likeness (QED) is 0.277. The van der Waals surface area contributed by atoms with Crippen molar-refractivity contribution in [1.29, 1.82) is 0 Å². The smallest absolute Gasteiger partial charge is 0.411 e. The number of carbonyl (C=O) groups excluding carboxylic acids is 1. The fraction of sp³-hybridized carbons (Fsp3) is 0.207. The van der Waals surface area contributed by atoms with E-state index in [-0.39, 0.29) is 12.0 Å². The van der Waals surface area contributed by atoms with Gasteiger partial charge in [-0.15, -0.1) is 10.2 Å². The molecule has 9 heteroatoms. The zero-order valence-corrected chi connectivity index (χ0v) is 20.8. The highest BCUT2D eigenvalue weighted by molar-refractivity contribution is 5.90. The summed E-state index contributed by atoms with van der Waals surface area (Å²) in [5.74, 6) is 1.24. The minimum Gasteiger partial charge on any atom is -0.449 e. The number of anilines is 1. The van der Waals surface area contributed by atoms with Crippen LogP contribution in [0, 0.1) is 6.92 Å². The van der Waals surface area contributed by atoms with Crippen molar-refractivity contribution in [3.63, 3.8) is 0 Å². The lowest BCUT2D eigenvalue weighted by Gasteiger charge is -2.12. The van der Waals surface area contributed by atoms with Gasteiger partial charge in [-0.1, -0.05) is 89.2 Å². The van der Waals surface area contributed by atoms with Crippen molar-refractivity contribution in [3.05, 3.63) is 102 Å². The molecule has 0 saturated heterocycles. The first-order valence-electron chi connectivity index (χ1n) is 12.5. The highest BCUT2D eigenvalue weighted by Crippen LogP contribution is 2.52. The molecule has 0 bridgehead atoms. The van der Waals surface area contributed by atoms with Gasteiger partial charge in [0, 0.05) is 12.0 Å². The highest BCUT2D eigenvalue weighted by Gasteiger charge is 2.49. The SMILES string of the molecule is Cc1noc(-c2ccc(-c3ccc(C4(c5nn[nH]n5)CC4)cc3)cc2)c1NC(=O)OCCc1ccccc1. The molecule has 38 heavy (non-hydrogen) atoms. The van der Waals surface area contributed by atoms with Gasteiger partial charge < -0.3 is 9.26 Å². The number of hydrogen-bond donors (Lipinski definition) is 2. The highest BCUT2D eigenvalue weighted by atomic mass is 16.5. The molecule has 2 N–H and O–H groups in total. The average Bonchev–Trinajstić information content (AvgIpc) is 3.41. The molecule has 3 aromatic carbocycles. The number of carbonyl (C=O) groups is 1. The molecule has 6 rings (SSSR count). The van der Waals surface area contributed by atoms with E-state index >= 15 is 0 Å². The van der Waals surface area contributed by atoms with Crippen molar-refractivity contribution >= 4 is 11.8 Å². The lowest BCUT2D eigenvalue weighted by Crippen LogP contribution is -2.16. The zero-order chi connectivity index (χ0) is 26.0. The van der Waals surface area contributed by atoms with Gasteiger partial charge in [0.1, 0.15) is 11.4 Å². The molecule has 2 aromatic heterocycles. The minimum absolute atomic E-state index is 0.119. The number of nitrogens with one attached hydrogen (secondary N) is 2. The van der Waals surface area contributed by atoms with Crippen molar-refractivity contribution in [2.45, 2.75) is 31.6 Å². The van der Waals surface area contributed by atoms with E-state index in [1.807, 2.05) is 54.6 Å². The van der Waals surface area contributed by atoms with Crippen LogP contribution in [0.5, 0.6) is 0 Å². The Morgan fingerprint density at radius 1 is 0.974 bits per heavy atom. The van der Waals surface area contributed by atoms with E-state index < -0.39 is 6.09 Å². The Balaban J connectivity index is 1.13. The molecule has 0 aliphatic heterocycles. The van der Waals surface area contributed by atoms with Crippen LogP contribution in [0.15, 0.2) is 83.4 Å². The predicted octanol–water partition coefficient (Wildman–Crippen LogP) is 5.70. The molecular weight excluding hydrogens is 480 g/mol. The van der Waals surface area contributed by atoms with Crippen molar-refractivity contribution in [1.82, 2.24) is 25.8 Å². The van der Waals surface area contributed by atoms with Crippen LogP contribution >= 0.6 is 0 Å². The number of benzene rings is 3. The van der Waals surface area contributed by atoms with E-state index in [4.69, 9.17) is 9.26 Å². The summed E-state index contributed by atoms with van der Waals surface area (Å²) in [6.45, 7) is 2.06. The molecule has 0 radical (unpaired) electrons. The topological polar surface area (TPSA) is 119 Å². The van der Waals surface area contributed by atoms with Crippen LogP contribution in [-0.4, -0.2) is 38.5 Å². The molecule has 5 aromatic rings. The van der Waals surface area contributed by atoms with Crippen LogP contribution in [0.3, 0.4) is 0 Å². The Kier molecular flexibility index (Phi) is 6.17. The molecule has 0 atom stereocenters. The van der Waals surface area contributed by atoms with E-state index in [9.17, 15) is 4.79 Å².